The minimum absolute atomic E-state index is 0.108. The molecule has 0 aliphatic rings. The van der Waals surface area contributed by atoms with Crippen molar-refractivity contribution in [1.82, 2.24) is 15.0 Å². The number of nitrogens with zero attached hydrogens (tertiary/aromatic N) is 2. The first-order chi connectivity index (χ1) is 9.22. The minimum atomic E-state index is -0.272. The van der Waals surface area contributed by atoms with Gasteiger partial charge in [-0.25, -0.2) is 0 Å². The molecule has 3 aromatic rings. The number of rotatable bonds is 2. The molecule has 0 aliphatic heterocycles. The average molecular weight is 254 g/mol. The molecule has 0 bridgehead atoms. The SMILES string of the molecule is Nc1cccc(Oc2nc3cnccc3c(=O)[nH]2)c1. The van der Waals surface area contributed by atoms with Gasteiger partial charge in [-0.15, -0.1) is 0 Å². The van der Waals surface area contributed by atoms with Gasteiger partial charge in [0, 0.05) is 18.0 Å². The number of hydrogen-bond acceptors (Lipinski definition) is 5. The summed E-state index contributed by atoms with van der Waals surface area (Å²) in [5.74, 6) is 0.506. The van der Waals surface area contributed by atoms with Crippen molar-refractivity contribution in [2.45, 2.75) is 0 Å². The van der Waals surface area contributed by atoms with Gasteiger partial charge in [0.1, 0.15) is 5.75 Å². The summed E-state index contributed by atoms with van der Waals surface area (Å²) in [6, 6.07) is 8.58. The third-order valence-corrected chi connectivity index (χ3v) is 2.56. The minimum Gasteiger partial charge on any atom is -0.426 e. The van der Waals surface area contributed by atoms with Gasteiger partial charge in [-0.05, 0) is 18.2 Å². The third kappa shape index (κ3) is 2.23. The van der Waals surface area contributed by atoms with Crippen LogP contribution in [-0.2, 0) is 0 Å². The number of pyridine rings is 1. The second-order valence-corrected chi connectivity index (χ2v) is 3.94. The van der Waals surface area contributed by atoms with E-state index in [1.807, 2.05) is 0 Å². The number of nitrogen functional groups attached to an aromatic ring is 1. The lowest BCUT2D eigenvalue weighted by Gasteiger charge is -2.05. The van der Waals surface area contributed by atoms with E-state index in [0.717, 1.165) is 0 Å². The first kappa shape index (κ1) is 11.2. The quantitative estimate of drug-likeness (QED) is 0.679. The van der Waals surface area contributed by atoms with Crippen molar-refractivity contribution in [3.63, 3.8) is 0 Å². The van der Waals surface area contributed by atoms with E-state index in [1.165, 1.54) is 12.4 Å². The second kappa shape index (κ2) is 4.41. The normalized spacial score (nSPS) is 10.5. The van der Waals surface area contributed by atoms with E-state index in [0.29, 0.717) is 22.3 Å². The van der Waals surface area contributed by atoms with Crippen LogP contribution in [0.2, 0.25) is 0 Å². The van der Waals surface area contributed by atoms with Gasteiger partial charge in [-0.3, -0.25) is 14.8 Å². The maximum absolute atomic E-state index is 11.8. The van der Waals surface area contributed by atoms with Crippen LogP contribution in [0.25, 0.3) is 10.9 Å². The van der Waals surface area contributed by atoms with E-state index in [-0.39, 0.29) is 11.6 Å². The zero-order valence-corrected chi connectivity index (χ0v) is 9.83. The lowest BCUT2D eigenvalue weighted by Crippen LogP contribution is -2.09. The number of fused-ring (bicyclic) bond motifs is 1. The predicted molar refractivity (Wildman–Crippen MR) is 71.1 cm³/mol. The molecule has 0 unspecified atom stereocenters. The molecule has 19 heavy (non-hydrogen) atoms. The molecule has 94 valence electrons. The summed E-state index contributed by atoms with van der Waals surface area (Å²) in [5, 5.41) is 0.468. The average Bonchev–Trinajstić information content (AvgIpc) is 2.39. The molecule has 2 heterocycles. The van der Waals surface area contributed by atoms with E-state index in [1.54, 1.807) is 30.3 Å². The van der Waals surface area contributed by atoms with Crippen molar-refractivity contribution in [2.75, 3.05) is 5.73 Å². The Labute approximate surface area is 107 Å². The van der Waals surface area contributed by atoms with Gasteiger partial charge in [0.15, 0.2) is 0 Å². The molecule has 0 amide bonds. The number of nitrogens with one attached hydrogen (secondary N) is 1. The van der Waals surface area contributed by atoms with E-state index in [2.05, 4.69) is 15.0 Å². The number of benzene rings is 1. The Bertz CT molecular complexity index is 798. The number of anilines is 1. The number of hydrogen-bond donors (Lipinski definition) is 2. The standard InChI is InChI=1S/C13H10N4O2/c14-8-2-1-3-9(6-8)19-13-16-11-7-15-5-4-10(11)12(18)17-13/h1-7H,14H2,(H,16,17,18). The zero-order valence-electron chi connectivity index (χ0n) is 9.83. The van der Waals surface area contributed by atoms with Crippen LogP contribution in [0.1, 0.15) is 0 Å². The fourth-order valence-corrected chi connectivity index (χ4v) is 1.71. The maximum atomic E-state index is 11.8. The molecule has 0 aliphatic carbocycles. The van der Waals surface area contributed by atoms with Crippen molar-refractivity contribution in [2.24, 2.45) is 0 Å². The Hall–Kier alpha value is -2.89. The highest BCUT2D eigenvalue weighted by Crippen LogP contribution is 2.20. The number of aromatic nitrogens is 3. The molecule has 3 rings (SSSR count). The van der Waals surface area contributed by atoms with E-state index < -0.39 is 0 Å². The van der Waals surface area contributed by atoms with Crippen LogP contribution in [0.5, 0.6) is 11.8 Å². The van der Waals surface area contributed by atoms with Crippen LogP contribution in [-0.4, -0.2) is 15.0 Å². The summed E-state index contributed by atoms with van der Waals surface area (Å²) in [6.45, 7) is 0. The van der Waals surface area contributed by atoms with Gasteiger partial charge in [-0.1, -0.05) is 6.07 Å². The highest BCUT2D eigenvalue weighted by molar-refractivity contribution is 5.76. The molecule has 6 nitrogen and oxygen atoms in total. The molecule has 0 saturated heterocycles. The van der Waals surface area contributed by atoms with Crippen molar-refractivity contribution in [3.05, 3.63) is 53.1 Å². The van der Waals surface area contributed by atoms with Crippen molar-refractivity contribution < 1.29 is 4.74 Å². The second-order valence-electron chi connectivity index (χ2n) is 3.94. The molecule has 0 fully saturated rings. The Kier molecular flexibility index (Phi) is 2.60. The molecule has 0 spiro atoms. The summed E-state index contributed by atoms with van der Waals surface area (Å²) in [4.78, 5) is 22.5. The van der Waals surface area contributed by atoms with Gasteiger partial charge in [0.05, 0.1) is 17.1 Å². The number of nitrogens with two attached hydrogens (primary N) is 1. The Morgan fingerprint density at radius 1 is 1.26 bits per heavy atom. The van der Waals surface area contributed by atoms with E-state index in [9.17, 15) is 4.79 Å². The zero-order chi connectivity index (χ0) is 13.2. The maximum Gasteiger partial charge on any atom is 0.302 e. The topological polar surface area (TPSA) is 93.9 Å². The van der Waals surface area contributed by atoms with Gasteiger partial charge in [-0.2, -0.15) is 4.98 Å². The number of ether oxygens (including phenoxy) is 1. The molecular formula is C13H10N4O2. The molecule has 1 aromatic carbocycles. The lowest BCUT2D eigenvalue weighted by molar-refractivity contribution is 0.443. The molecule has 0 radical (unpaired) electrons. The highest BCUT2D eigenvalue weighted by Gasteiger charge is 2.05. The van der Waals surface area contributed by atoms with E-state index >= 15 is 0 Å². The fraction of sp³-hybridized carbons (Fsp3) is 0. The van der Waals surface area contributed by atoms with Crippen LogP contribution in [0, 0.1) is 0 Å². The summed E-state index contributed by atoms with van der Waals surface area (Å²) >= 11 is 0. The first-order valence-electron chi connectivity index (χ1n) is 5.60. The Morgan fingerprint density at radius 3 is 3.00 bits per heavy atom. The summed E-state index contributed by atoms with van der Waals surface area (Å²) in [5.41, 5.74) is 6.43. The van der Waals surface area contributed by atoms with Gasteiger partial charge < -0.3 is 10.5 Å². The van der Waals surface area contributed by atoms with Crippen LogP contribution in [0.15, 0.2) is 47.5 Å². The monoisotopic (exact) mass is 254 g/mol. The Morgan fingerprint density at radius 2 is 2.16 bits per heavy atom. The van der Waals surface area contributed by atoms with Gasteiger partial charge >= 0.3 is 6.01 Å². The predicted octanol–water partition coefficient (Wildman–Crippen LogP) is 1.69. The third-order valence-electron chi connectivity index (χ3n) is 2.56. The van der Waals surface area contributed by atoms with Crippen molar-refractivity contribution in [3.8, 4) is 11.8 Å². The number of aromatic amines is 1. The highest BCUT2D eigenvalue weighted by atomic mass is 16.5. The molecule has 2 aromatic heterocycles. The first-order valence-corrected chi connectivity index (χ1v) is 5.60. The summed E-state index contributed by atoms with van der Waals surface area (Å²) < 4.78 is 5.47. The van der Waals surface area contributed by atoms with Crippen LogP contribution < -0.4 is 16.0 Å². The van der Waals surface area contributed by atoms with E-state index in [4.69, 9.17) is 10.5 Å². The molecule has 3 N–H and O–H groups in total. The van der Waals surface area contributed by atoms with Crippen LogP contribution >= 0.6 is 0 Å². The Balaban J connectivity index is 2.04. The van der Waals surface area contributed by atoms with Gasteiger partial charge in [0.2, 0.25) is 0 Å². The van der Waals surface area contributed by atoms with Gasteiger partial charge in [0.25, 0.3) is 5.56 Å². The van der Waals surface area contributed by atoms with Crippen LogP contribution in [0.4, 0.5) is 5.69 Å². The van der Waals surface area contributed by atoms with Crippen LogP contribution in [0.3, 0.4) is 0 Å². The molecule has 6 heteroatoms. The molecule has 0 atom stereocenters. The molecule has 0 saturated carbocycles. The molecular weight excluding hydrogens is 244 g/mol. The smallest absolute Gasteiger partial charge is 0.302 e. The summed E-state index contributed by atoms with van der Waals surface area (Å²) in [7, 11) is 0. The largest absolute Gasteiger partial charge is 0.426 e. The fourth-order valence-electron chi connectivity index (χ4n) is 1.71. The van der Waals surface area contributed by atoms with Crippen molar-refractivity contribution in [1.29, 1.82) is 0 Å². The number of H-pyrrole nitrogens is 1. The lowest BCUT2D eigenvalue weighted by atomic mass is 10.3. The summed E-state index contributed by atoms with van der Waals surface area (Å²) in [6.07, 6.45) is 3.05. The van der Waals surface area contributed by atoms with Crippen molar-refractivity contribution >= 4 is 16.6 Å².